The maximum absolute atomic E-state index is 10.4. The maximum Gasteiger partial charge on any atom is 0.306 e. The molecular weight excluding hydrogens is 208 g/mol. The van der Waals surface area contributed by atoms with Crippen LogP contribution in [0.4, 0.5) is 0 Å². The number of carbonyl (C=O) groups is 1. The molecule has 5 nitrogen and oxygen atoms in total. The van der Waals surface area contributed by atoms with Crippen LogP contribution in [0.25, 0.3) is 0 Å². The number of aromatic nitrogens is 2. The first-order chi connectivity index (χ1) is 6.43. The van der Waals surface area contributed by atoms with E-state index in [-0.39, 0.29) is 11.6 Å². The number of aliphatic hydroxyl groups is 1. The van der Waals surface area contributed by atoms with E-state index >= 15 is 0 Å². The quantitative estimate of drug-likeness (QED) is 0.790. The number of rotatable bonds is 3. The zero-order valence-corrected chi connectivity index (χ0v) is 8.62. The van der Waals surface area contributed by atoms with Gasteiger partial charge in [0, 0.05) is 12.6 Å². The van der Waals surface area contributed by atoms with Gasteiger partial charge in [-0.2, -0.15) is 5.10 Å². The molecule has 1 rings (SSSR count). The molecule has 0 saturated heterocycles. The molecule has 0 spiro atoms. The summed E-state index contributed by atoms with van der Waals surface area (Å²) in [5, 5.41) is 22.3. The minimum Gasteiger partial charge on any atom is -0.481 e. The fourth-order valence-corrected chi connectivity index (χ4v) is 1.59. The third-order valence-corrected chi connectivity index (χ3v) is 2.35. The predicted molar refractivity (Wildman–Crippen MR) is 50.2 cm³/mol. The fourth-order valence-electron chi connectivity index (χ4n) is 1.29. The molecule has 0 aliphatic carbocycles. The summed E-state index contributed by atoms with van der Waals surface area (Å²) >= 11 is 5.84. The lowest BCUT2D eigenvalue weighted by atomic mass is 10.1. The van der Waals surface area contributed by atoms with Crippen molar-refractivity contribution in [2.24, 2.45) is 7.05 Å². The first-order valence-corrected chi connectivity index (χ1v) is 4.40. The second kappa shape index (κ2) is 3.98. The Morgan fingerprint density at radius 3 is 2.64 bits per heavy atom. The summed E-state index contributed by atoms with van der Waals surface area (Å²) in [7, 11) is 1.63. The number of aryl methyl sites for hydroxylation is 2. The van der Waals surface area contributed by atoms with Crippen LogP contribution in [-0.4, -0.2) is 26.0 Å². The molecule has 0 saturated carbocycles. The summed E-state index contributed by atoms with van der Waals surface area (Å²) in [6.07, 6.45) is -1.47. The van der Waals surface area contributed by atoms with Gasteiger partial charge in [-0.1, -0.05) is 11.6 Å². The second-order valence-corrected chi connectivity index (χ2v) is 3.39. The standard InChI is InChI=1S/C8H11ClN2O3/c1-4-7(5(12)3-6(13)14)8(9)11(2)10-4/h5,12H,3H2,1-2H3,(H,13,14). The Hall–Kier alpha value is -1.07. The van der Waals surface area contributed by atoms with E-state index in [1.165, 1.54) is 4.68 Å². The van der Waals surface area contributed by atoms with Gasteiger partial charge in [-0.25, -0.2) is 0 Å². The first kappa shape index (κ1) is 11.0. The lowest BCUT2D eigenvalue weighted by Gasteiger charge is -2.06. The van der Waals surface area contributed by atoms with Gasteiger partial charge >= 0.3 is 5.97 Å². The van der Waals surface area contributed by atoms with E-state index in [9.17, 15) is 9.90 Å². The van der Waals surface area contributed by atoms with Crippen LogP contribution in [0, 0.1) is 6.92 Å². The molecule has 1 unspecified atom stereocenters. The number of halogens is 1. The van der Waals surface area contributed by atoms with E-state index in [0.29, 0.717) is 11.3 Å². The SMILES string of the molecule is Cc1nn(C)c(Cl)c1C(O)CC(=O)O. The van der Waals surface area contributed by atoms with Crippen LogP contribution in [-0.2, 0) is 11.8 Å². The van der Waals surface area contributed by atoms with Gasteiger partial charge in [-0.3, -0.25) is 9.48 Å². The number of aliphatic carboxylic acids is 1. The zero-order chi connectivity index (χ0) is 10.9. The van der Waals surface area contributed by atoms with Gasteiger partial charge in [0.15, 0.2) is 0 Å². The molecule has 0 amide bonds. The molecule has 0 aliphatic heterocycles. The van der Waals surface area contributed by atoms with Crippen LogP contribution >= 0.6 is 11.6 Å². The van der Waals surface area contributed by atoms with Gasteiger partial charge in [-0.05, 0) is 6.92 Å². The van der Waals surface area contributed by atoms with E-state index in [1.54, 1.807) is 14.0 Å². The van der Waals surface area contributed by atoms with Crippen molar-refractivity contribution in [3.05, 3.63) is 16.4 Å². The molecule has 0 aliphatic rings. The van der Waals surface area contributed by atoms with E-state index in [2.05, 4.69) is 5.10 Å². The Labute approximate surface area is 85.9 Å². The van der Waals surface area contributed by atoms with Crippen molar-refractivity contribution in [2.45, 2.75) is 19.4 Å². The monoisotopic (exact) mass is 218 g/mol. The van der Waals surface area contributed by atoms with Crippen molar-refractivity contribution in [1.82, 2.24) is 9.78 Å². The van der Waals surface area contributed by atoms with Gasteiger partial charge in [0.1, 0.15) is 5.15 Å². The molecule has 0 aromatic carbocycles. The van der Waals surface area contributed by atoms with Gasteiger partial charge in [0.05, 0.1) is 18.2 Å². The molecule has 1 aromatic heterocycles. The van der Waals surface area contributed by atoms with E-state index in [4.69, 9.17) is 16.7 Å². The van der Waals surface area contributed by atoms with E-state index in [1.807, 2.05) is 0 Å². The predicted octanol–water partition coefficient (Wildman–Crippen LogP) is 0.890. The summed E-state index contributed by atoms with van der Waals surface area (Å²) in [6.45, 7) is 1.67. The van der Waals surface area contributed by atoms with Crippen LogP contribution in [0.5, 0.6) is 0 Å². The van der Waals surface area contributed by atoms with Crippen LogP contribution in [0.15, 0.2) is 0 Å². The Balaban J connectivity index is 2.99. The molecule has 0 bridgehead atoms. The van der Waals surface area contributed by atoms with Crippen molar-refractivity contribution >= 4 is 17.6 Å². The van der Waals surface area contributed by atoms with Crippen molar-refractivity contribution in [1.29, 1.82) is 0 Å². The Morgan fingerprint density at radius 2 is 2.29 bits per heavy atom. The van der Waals surface area contributed by atoms with Crippen molar-refractivity contribution in [2.75, 3.05) is 0 Å². The lowest BCUT2D eigenvalue weighted by Crippen LogP contribution is -2.06. The van der Waals surface area contributed by atoms with Gasteiger partial charge in [0.2, 0.25) is 0 Å². The second-order valence-electron chi connectivity index (χ2n) is 3.03. The number of carboxylic acid groups (broad SMARTS) is 1. The maximum atomic E-state index is 10.4. The van der Waals surface area contributed by atoms with Crippen molar-refractivity contribution in [3.8, 4) is 0 Å². The Morgan fingerprint density at radius 1 is 1.71 bits per heavy atom. The largest absolute Gasteiger partial charge is 0.481 e. The summed E-state index contributed by atoms with van der Waals surface area (Å²) in [5.41, 5.74) is 0.933. The van der Waals surface area contributed by atoms with Gasteiger partial charge in [-0.15, -0.1) is 0 Å². The molecular formula is C8H11ClN2O3. The minimum absolute atomic E-state index is 0.274. The average Bonchev–Trinajstić information content (AvgIpc) is 2.25. The highest BCUT2D eigenvalue weighted by atomic mass is 35.5. The summed E-state index contributed by atoms with van der Waals surface area (Å²) in [5.74, 6) is -1.07. The number of hydrogen-bond donors (Lipinski definition) is 2. The molecule has 6 heteroatoms. The third kappa shape index (κ3) is 2.05. The number of aliphatic hydroxyl groups excluding tert-OH is 1. The highest BCUT2D eigenvalue weighted by Crippen LogP contribution is 2.27. The third-order valence-electron chi connectivity index (χ3n) is 1.90. The van der Waals surface area contributed by atoms with Crippen LogP contribution < -0.4 is 0 Å². The molecule has 0 radical (unpaired) electrons. The molecule has 1 atom stereocenters. The average molecular weight is 219 g/mol. The van der Waals surface area contributed by atoms with Crippen LogP contribution in [0.1, 0.15) is 23.8 Å². The van der Waals surface area contributed by atoms with E-state index in [0.717, 1.165) is 0 Å². The van der Waals surface area contributed by atoms with Crippen LogP contribution in [0.3, 0.4) is 0 Å². The lowest BCUT2D eigenvalue weighted by molar-refractivity contribution is -0.139. The Kier molecular flexibility index (Phi) is 3.13. The summed E-state index contributed by atoms with van der Waals surface area (Å²) in [4.78, 5) is 10.4. The molecule has 2 N–H and O–H groups in total. The van der Waals surface area contributed by atoms with Crippen molar-refractivity contribution < 1.29 is 15.0 Å². The topological polar surface area (TPSA) is 75.3 Å². The minimum atomic E-state index is -1.10. The van der Waals surface area contributed by atoms with E-state index < -0.39 is 12.1 Å². The van der Waals surface area contributed by atoms with Gasteiger partial charge in [0.25, 0.3) is 0 Å². The Bertz CT molecular complexity index is 362. The first-order valence-electron chi connectivity index (χ1n) is 4.02. The fraction of sp³-hybridized carbons (Fsp3) is 0.500. The molecule has 1 heterocycles. The smallest absolute Gasteiger partial charge is 0.306 e. The zero-order valence-electron chi connectivity index (χ0n) is 7.86. The molecule has 1 aromatic rings. The number of carboxylic acids is 1. The summed E-state index contributed by atoms with van der Waals surface area (Å²) < 4.78 is 1.40. The molecule has 0 fully saturated rings. The van der Waals surface area contributed by atoms with Crippen LogP contribution in [0.2, 0.25) is 5.15 Å². The summed E-state index contributed by atoms with van der Waals surface area (Å²) in [6, 6.07) is 0. The highest BCUT2D eigenvalue weighted by Gasteiger charge is 2.21. The number of nitrogens with zero attached hydrogens (tertiary/aromatic N) is 2. The normalized spacial score (nSPS) is 12.9. The van der Waals surface area contributed by atoms with Crippen molar-refractivity contribution in [3.63, 3.8) is 0 Å². The highest BCUT2D eigenvalue weighted by molar-refractivity contribution is 6.30. The molecule has 14 heavy (non-hydrogen) atoms. The molecule has 78 valence electrons. The number of hydrogen-bond acceptors (Lipinski definition) is 3. The van der Waals surface area contributed by atoms with Gasteiger partial charge < -0.3 is 10.2 Å².